The van der Waals surface area contributed by atoms with E-state index in [1.807, 2.05) is 0 Å². The average molecular weight is 175 g/mol. The minimum Gasteiger partial charge on any atom is -0.327 e. The van der Waals surface area contributed by atoms with Crippen molar-refractivity contribution in [3.05, 3.63) is 34.9 Å². The highest BCUT2D eigenvalue weighted by molar-refractivity contribution is 5.41. The molecule has 2 N–H and O–H groups in total. The quantitative estimate of drug-likeness (QED) is 0.696. The van der Waals surface area contributed by atoms with Gasteiger partial charge in [-0.05, 0) is 49.3 Å². The Bertz CT molecular complexity index is 315. The molecule has 0 heterocycles. The van der Waals surface area contributed by atoms with Gasteiger partial charge in [0, 0.05) is 6.04 Å². The van der Waals surface area contributed by atoms with Crippen LogP contribution in [-0.2, 0) is 6.42 Å². The van der Waals surface area contributed by atoms with Crippen LogP contribution in [0.3, 0.4) is 0 Å². The Hall–Kier alpha value is -0.820. The first kappa shape index (κ1) is 8.76. The lowest BCUT2D eigenvalue weighted by molar-refractivity contribution is 0.564. The molecule has 0 aliphatic heterocycles. The molecule has 1 aliphatic carbocycles. The first-order valence-corrected chi connectivity index (χ1v) is 5.04. The van der Waals surface area contributed by atoms with E-state index in [0.29, 0.717) is 12.0 Å². The van der Waals surface area contributed by atoms with E-state index in [0.717, 1.165) is 0 Å². The molecule has 2 rings (SSSR count). The molecular formula is C12H17N. The van der Waals surface area contributed by atoms with E-state index in [1.54, 1.807) is 5.56 Å². The molecule has 1 aliphatic rings. The van der Waals surface area contributed by atoms with Crippen molar-refractivity contribution in [2.24, 2.45) is 5.73 Å². The van der Waals surface area contributed by atoms with Gasteiger partial charge in [-0.2, -0.15) is 0 Å². The summed E-state index contributed by atoms with van der Waals surface area (Å²) >= 11 is 0. The molecule has 0 amide bonds. The molecule has 2 atom stereocenters. The van der Waals surface area contributed by atoms with Crippen LogP contribution < -0.4 is 5.73 Å². The maximum absolute atomic E-state index is 5.96. The predicted octanol–water partition coefficient (Wildman–Crippen LogP) is 2.37. The lowest BCUT2D eigenvalue weighted by Crippen LogP contribution is -2.22. The summed E-state index contributed by atoms with van der Waals surface area (Å²) in [7, 11) is 0. The van der Waals surface area contributed by atoms with E-state index in [-0.39, 0.29) is 0 Å². The maximum Gasteiger partial charge on any atom is 0.00795 e. The molecule has 0 radical (unpaired) electrons. The maximum atomic E-state index is 5.96. The number of aryl methyl sites for hydroxylation is 1. The van der Waals surface area contributed by atoms with Crippen molar-refractivity contribution in [3.63, 3.8) is 0 Å². The lowest BCUT2D eigenvalue weighted by atomic mass is 9.94. The Morgan fingerprint density at radius 3 is 2.92 bits per heavy atom. The summed E-state index contributed by atoms with van der Waals surface area (Å²) in [6.45, 7) is 4.31. The molecule has 13 heavy (non-hydrogen) atoms. The highest BCUT2D eigenvalue weighted by atomic mass is 14.6. The van der Waals surface area contributed by atoms with E-state index in [1.165, 1.54) is 24.0 Å². The van der Waals surface area contributed by atoms with Gasteiger partial charge in [0.1, 0.15) is 0 Å². The van der Waals surface area contributed by atoms with Crippen LogP contribution in [0.4, 0.5) is 0 Å². The minimum absolute atomic E-state index is 0.294. The zero-order valence-corrected chi connectivity index (χ0v) is 8.38. The summed E-state index contributed by atoms with van der Waals surface area (Å²) in [5.41, 5.74) is 10.4. The normalized spacial score (nSPS) is 22.8. The van der Waals surface area contributed by atoms with Gasteiger partial charge in [-0.1, -0.05) is 18.2 Å². The molecule has 1 aromatic carbocycles. The van der Waals surface area contributed by atoms with Crippen molar-refractivity contribution in [3.8, 4) is 0 Å². The third-order valence-corrected chi connectivity index (χ3v) is 3.19. The lowest BCUT2D eigenvalue weighted by Gasteiger charge is -2.15. The number of hydrogen-bond donors (Lipinski definition) is 1. The fraction of sp³-hybridized carbons (Fsp3) is 0.500. The minimum atomic E-state index is 0.294. The summed E-state index contributed by atoms with van der Waals surface area (Å²) in [4.78, 5) is 0. The molecule has 0 bridgehead atoms. The predicted molar refractivity (Wildman–Crippen MR) is 55.9 cm³/mol. The van der Waals surface area contributed by atoms with Gasteiger partial charge in [0.05, 0.1) is 0 Å². The van der Waals surface area contributed by atoms with E-state index in [4.69, 9.17) is 5.73 Å². The van der Waals surface area contributed by atoms with Crippen LogP contribution in [0, 0.1) is 6.92 Å². The van der Waals surface area contributed by atoms with Crippen LogP contribution in [0.1, 0.15) is 36.0 Å². The van der Waals surface area contributed by atoms with Crippen molar-refractivity contribution < 1.29 is 0 Å². The van der Waals surface area contributed by atoms with Crippen molar-refractivity contribution in [1.29, 1.82) is 0 Å². The van der Waals surface area contributed by atoms with Crippen LogP contribution >= 0.6 is 0 Å². The molecule has 2 unspecified atom stereocenters. The molecule has 1 nitrogen and oxygen atoms in total. The number of rotatable bonds is 1. The number of nitrogens with two attached hydrogens (primary N) is 1. The summed E-state index contributed by atoms with van der Waals surface area (Å²) < 4.78 is 0. The van der Waals surface area contributed by atoms with Crippen molar-refractivity contribution in [2.45, 2.75) is 38.6 Å². The van der Waals surface area contributed by atoms with E-state index in [9.17, 15) is 0 Å². The topological polar surface area (TPSA) is 26.0 Å². The van der Waals surface area contributed by atoms with Gasteiger partial charge in [-0.15, -0.1) is 0 Å². The van der Waals surface area contributed by atoms with Gasteiger partial charge in [0.2, 0.25) is 0 Å². The molecule has 0 fully saturated rings. The van der Waals surface area contributed by atoms with Crippen LogP contribution in [0.15, 0.2) is 18.2 Å². The fourth-order valence-corrected chi connectivity index (χ4v) is 2.42. The summed E-state index contributed by atoms with van der Waals surface area (Å²) in [5, 5.41) is 0. The van der Waals surface area contributed by atoms with Gasteiger partial charge in [0.25, 0.3) is 0 Å². The molecular weight excluding hydrogens is 158 g/mol. The second kappa shape index (κ2) is 3.15. The van der Waals surface area contributed by atoms with E-state index >= 15 is 0 Å². The Morgan fingerprint density at radius 1 is 1.46 bits per heavy atom. The highest BCUT2D eigenvalue weighted by Crippen LogP contribution is 2.36. The first-order chi connectivity index (χ1) is 6.20. The summed E-state index contributed by atoms with van der Waals surface area (Å²) in [6.07, 6.45) is 2.45. The number of benzene rings is 1. The van der Waals surface area contributed by atoms with Crippen molar-refractivity contribution in [2.75, 3.05) is 0 Å². The standard InChI is InChI=1S/C12H17N/c1-8-4-3-5-12-10(8)6-7-11(12)9(2)13/h3-5,9,11H,6-7,13H2,1-2H3. The third-order valence-electron chi connectivity index (χ3n) is 3.19. The second-order valence-corrected chi connectivity index (χ2v) is 4.15. The van der Waals surface area contributed by atoms with Crippen LogP contribution in [0.25, 0.3) is 0 Å². The first-order valence-electron chi connectivity index (χ1n) is 5.04. The van der Waals surface area contributed by atoms with E-state index in [2.05, 4.69) is 32.0 Å². The highest BCUT2D eigenvalue weighted by Gasteiger charge is 2.25. The molecule has 0 aromatic heterocycles. The molecule has 0 saturated heterocycles. The zero-order valence-electron chi connectivity index (χ0n) is 8.38. The van der Waals surface area contributed by atoms with Crippen LogP contribution in [-0.4, -0.2) is 6.04 Å². The smallest absolute Gasteiger partial charge is 0.00795 e. The molecule has 0 spiro atoms. The van der Waals surface area contributed by atoms with Crippen molar-refractivity contribution in [1.82, 2.24) is 0 Å². The largest absolute Gasteiger partial charge is 0.327 e. The molecule has 1 heteroatoms. The SMILES string of the molecule is Cc1cccc2c1CCC2C(C)N. The average Bonchev–Trinajstić information content (AvgIpc) is 2.48. The summed E-state index contributed by atoms with van der Waals surface area (Å²) in [5.74, 6) is 0.592. The second-order valence-electron chi connectivity index (χ2n) is 4.15. The molecule has 0 saturated carbocycles. The van der Waals surface area contributed by atoms with Crippen LogP contribution in [0.5, 0.6) is 0 Å². The zero-order chi connectivity index (χ0) is 9.42. The fourth-order valence-electron chi connectivity index (χ4n) is 2.42. The van der Waals surface area contributed by atoms with Gasteiger partial charge in [0.15, 0.2) is 0 Å². The Morgan fingerprint density at radius 2 is 2.23 bits per heavy atom. The van der Waals surface area contributed by atoms with Crippen molar-refractivity contribution >= 4 is 0 Å². The molecule has 70 valence electrons. The number of fused-ring (bicyclic) bond motifs is 1. The van der Waals surface area contributed by atoms with Gasteiger partial charge in [-0.25, -0.2) is 0 Å². The Kier molecular flexibility index (Phi) is 2.12. The van der Waals surface area contributed by atoms with Crippen LogP contribution in [0.2, 0.25) is 0 Å². The van der Waals surface area contributed by atoms with Gasteiger partial charge in [-0.3, -0.25) is 0 Å². The number of hydrogen-bond acceptors (Lipinski definition) is 1. The Balaban J connectivity index is 2.43. The third kappa shape index (κ3) is 1.37. The summed E-state index contributed by atoms with van der Waals surface area (Å²) in [6, 6.07) is 6.88. The Labute approximate surface area is 80.0 Å². The monoisotopic (exact) mass is 175 g/mol. The van der Waals surface area contributed by atoms with Gasteiger partial charge < -0.3 is 5.73 Å². The van der Waals surface area contributed by atoms with Gasteiger partial charge >= 0.3 is 0 Å². The molecule has 1 aromatic rings. The van der Waals surface area contributed by atoms with E-state index < -0.39 is 0 Å².